The number of hydroxylamine groups is 2. The minimum Gasteiger partial charge on any atom is -0.292 e. The highest BCUT2D eigenvalue weighted by molar-refractivity contribution is 7.87. The molecule has 0 atom stereocenters. The van der Waals surface area contributed by atoms with Crippen molar-refractivity contribution in [1.82, 2.24) is 5.06 Å². The smallest absolute Gasteiger partial charge is 0.292 e. The van der Waals surface area contributed by atoms with Crippen LogP contribution in [0.1, 0.15) is 11.1 Å². The molecular formula is C18H12F3NO5S. The third-order valence-electron chi connectivity index (χ3n) is 3.85. The Morgan fingerprint density at radius 3 is 1.75 bits per heavy atom. The molecule has 0 bridgehead atoms. The molecule has 28 heavy (non-hydrogen) atoms. The number of carbonyl (C=O) groups is 2. The number of Topliss-reactive ketones (excluding diaryl/α,β-unsaturated/α-hetero) is 1. The molecule has 0 aliphatic carbocycles. The Hall–Kier alpha value is -2.98. The summed E-state index contributed by atoms with van der Waals surface area (Å²) in [7, 11) is -6.11. The van der Waals surface area contributed by atoms with Crippen molar-refractivity contribution in [2.45, 2.75) is 5.51 Å². The molecule has 0 fully saturated rings. The lowest BCUT2D eigenvalue weighted by Crippen LogP contribution is -2.44. The van der Waals surface area contributed by atoms with Crippen LogP contribution in [0.2, 0.25) is 0 Å². The summed E-state index contributed by atoms with van der Waals surface area (Å²) >= 11 is 0. The van der Waals surface area contributed by atoms with E-state index < -0.39 is 33.9 Å². The second-order valence-corrected chi connectivity index (χ2v) is 7.24. The summed E-state index contributed by atoms with van der Waals surface area (Å²) in [4.78, 5) is 25.5. The third kappa shape index (κ3) is 3.69. The lowest BCUT2D eigenvalue weighted by molar-refractivity contribution is -0.157. The average molecular weight is 411 g/mol. The standard InChI is InChI=1S/C18H12F3NO5S/c19-18(20,21)28(25,26)27-22-11-14(23)15(12-7-3-1-4-8-12)16(17(22)24)13-9-5-2-6-10-13/h1-10H,11H2. The van der Waals surface area contributed by atoms with Crippen LogP contribution in [0.25, 0.3) is 11.1 Å². The minimum atomic E-state index is -6.11. The van der Waals surface area contributed by atoms with E-state index in [9.17, 15) is 31.2 Å². The quantitative estimate of drug-likeness (QED) is 0.723. The van der Waals surface area contributed by atoms with E-state index in [1.165, 1.54) is 12.1 Å². The van der Waals surface area contributed by atoms with E-state index >= 15 is 0 Å². The highest BCUT2D eigenvalue weighted by Crippen LogP contribution is 2.34. The first-order chi connectivity index (χ1) is 13.1. The predicted octanol–water partition coefficient (Wildman–Crippen LogP) is 2.79. The van der Waals surface area contributed by atoms with E-state index in [1.807, 2.05) is 0 Å². The summed E-state index contributed by atoms with van der Waals surface area (Å²) < 4.78 is 64.4. The van der Waals surface area contributed by atoms with Gasteiger partial charge < -0.3 is 0 Å². The number of hydrogen-bond donors (Lipinski definition) is 0. The maximum atomic E-state index is 12.8. The number of carbonyl (C=O) groups excluding carboxylic acids is 2. The second-order valence-electron chi connectivity index (χ2n) is 5.72. The fraction of sp³-hybridized carbons (Fsp3) is 0.111. The summed E-state index contributed by atoms with van der Waals surface area (Å²) in [6.45, 7) is -0.977. The van der Waals surface area contributed by atoms with Crippen molar-refractivity contribution in [1.29, 1.82) is 0 Å². The Kier molecular flexibility index (Phi) is 5.09. The Labute approximate surface area is 157 Å². The molecule has 2 aromatic rings. The van der Waals surface area contributed by atoms with Gasteiger partial charge in [0.2, 0.25) is 0 Å². The maximum Gasteiger partial charge on any atom is 0.525 e. The van der Waals surface area contributed by atoms with Crippen molar-refractivity contribution in [3.63, 3.8) is 0 Å². The first kappa shape index (κ1) is 19.8. The number of halogens is 3. The van der Waals surface area contributed by atoms with Gasteiger partial charge in [0.25, 0.3) is 5.91 Å². The van der Waals surface area contributed by atoms with Crippen LogP contribution >= 0.6 is 0 Å². The molecule has 0 aromatic heterocycles. The van der Waals surface area contributed by atoms with Crippen LogP contribution in [0.4, 0.5) is 13.2 Å². The summed E-state index contributed by atoms with van der Waals surface area (Å²) in [5, 5.41) is -0.0834. The number of amides is 1. The van der Waals surface area contributed by atoms with Gasteiger partial charge in [-0.2, -0.15) is 26.7 Å². The van der Waals surface area contributed by atoms with Crippen LogP contribution in [0.15, 0.2) is 60.7 Å². The van der Waals surface area contributed by atoms with E-state index in [2.05, 4.69) is 4.28 Å². The lowest BCUT2D eigenvalue weighted by Gasteiger charge is -2.28. The summed E-state index contributed by atoms with van der Waals surface area (Å²) in [6, 6.07) is 15.8. The molecule has 10 heteroatoms. The molecule has 1 heterocycles. The SMILES string of the molecule is O=C1CN(OS(=O)(=O)C(F)(F)F)C(=O)C(c2ccccc2)=C1c1ccccc1. The van der Waals surface area contributed by atoms with Gasteiger partial charge in [0.05, 0.1) is 5.57 Å². The second kappa shape index (κ2) is 7.21. The molecule has 1 amide bonds. The molecule has 1 aliphatic rings. The monoisotopic (exact) mass is 411 g/mol. The van der Waals surface area contributed by atoms with Gasteiger partial charge in [-0.3, -0.25) is 9.59 Å². The van der Waals surface area contributed by atoms with Crippen molar-refractivity contribution in [2.24, 2.45) is 0 Å². The number of alkyl halides is 3. The Bertz CT molecular complexity index is 1050. The van der Waals surface area contributed by atoms with Gasteiger partial charge >= 0.3 is 15.6 Å². The lowest BCUT2D eigenvalue weighted by atomic mass is 9.88. The van der Waals surface area contributed by atoms with Crippen molar-refractivity contribution < 1.29 is 35.5 Å². The number of hydrogen-bond acceptors (Lipinski definition) is 5. The van der Waals surface area contributed by atoms with Gasteiger partial charge in [0.15, 0.2) is 5.78 Å². The van der Waals surface area contributed by atoms with Gasteiger partial charge in [-0.15, -0.1) is 4.28 Å². The molecule has 6 nitrogen and oxygen atoms in total. The zero-order valence-corrected chi connectivity index (χ0v) is 14.8. The van der Waals surface area contributed by atoms with Gasteiger partial charge in [-0.1, -0.05) is 60.7 Å². The number of rotatable bonds is 4. The average Bonchev–Trinajstić information content (AvgIpc) is 2.64. The number of ketones is 1. The Morgan fingerprint density at radius 1 is 0.821 bits per heavy atom. The summed E-state index contributed by atoms with van der Waals surface area (Å²) in [5.41, 5.74) is -5.41. The van der Waals surface area contributed by atoms with Crippen LogP contribution in [0, 0.1) is 0 Å². The topological polar surface area (TPSA) is 80.8 Å². The molecular weight excluding hydrogens is 399 g/mol. The van der Waals surface area contributed by atoms with Crippen LogP contribution < -0.4 is 0 Å². The van der Waals surface area contributed by atoms with E-state index in [0.29, 0.717) is 5.56 Å². The normalized spacial score (nSPS) is 15.9. The van der Waals surface area contributed by atoms with E-state index in [1.54, 1.807) is 48.5 Å². The van der Waals surface area contributed by atoms with Crippen molar-refractivity contribution in [3.05, 3.63) is 71.8 Å². The Morgan fingerprint density at radius 2 is 1.29 bits per heavy atom. The van der Waals surface area contributed by atoms with Gasteiger partial charge in [0.1, 0.15) is 6.54 Å². The zero-order chi connectivity index (χ0) is 20.5. The van der Waals surface area contributed by atoms with E-state index in [0.717, 1.165) is 0 Å². The molecule has 0 radical (unpaired) electrons. The molecule has 1 aliphatic heterocycles. The van der Waals surface area contributed by atoms with E-state index in [4.69, 9.17) is 0 Å². The first-order valence-electron chi connectivity index (χ1n) is 7.83. The number of nitrogens with zero attached hydrogens (tertiary/aromatic N) is 1. The molecule has 3 rings (SSSR count). The van der Waals surface area contributed by atoms with E-state index in [-0.39, 0.29) is 21.8 Å². The highest BCUT2D eigenvalue weighted by atomic mass is 32.2. The summed E-state index contributed by atoms with van der Waals surface area (Å²) in [6.07, 6.45) is 0. The Balaban J connectivity index is 2.14. The van der Waals surface area contributed by atoms with Crippen LogP contribution in [0.3, 0.4) is 0 Å². The molecule has 0 spiro atoms. The van der Waals surface area contributed by atoms with Gasteiger partial charge in [0, 0.05) is 5.57 Å². The third-order valence-corrected chi connectivity index (χ3v) is 4.80. The predicted molar refractivity (Wildman–Crippen MR) is 92.5 cm³/mol. The fourth-order valence-corrected chi connectivity index (χ4v) is 3.10. The van der Waals surface area contributed by atoms with Gasteiger partial charge in [-0.05, 0) is 11.1 Å². The van der Waals surface area contributed by atoms with Crippen LogP contribution in [0.5, 0.6) is 0 Å². The van der Waals surface area contributed by atoms with Crippen molar-refractivity contribution in [2.75, 3.05) is 6.54 Å². The molecule has 0 saturated heterocycles. The molecule has 0 saturated carbocycles. The van der Waals surface area contributed by atoms with Crippen LogP contribution in [-0.2, 0) is 24.0 Å². The fourth-order valence-electron chi connectivity index (χ4n) is 2.66. The first-order valence-corrected chi connectivity index (χ1v) is 9.23. The van der Waals surface area contributed by atoms with Crippen molar-refractivity contribution in [3.8, 4) is 0 Å². The van der Waals surface area contributed by atoms with Crippen LogP contribution in [-0.4, -0.2) is 37.2 Å². The largest absolute Gasteiger partial charge is 0.525 e. The molecule has 2 aromatic carbocycles. The minimum absolute atomic E-state index is 0.0268. The number of benzene rings is 2. The maximum absolute atomic E-state index is 12.8. The highest BCUT2D eigenvalue weighted by Gasteiger charge is 2.51. The molecule has 0 N–H and O–H groups in total. The molecule has 146 valence electrons. The van der Waals surface area contributed by atoms with Gasteiger partial charge in [-0.25, -0.2) is 0 Å². The summed E-state index contributed by atoms with van der Waals surface area (Å²) in [5.74, 6) is -1.93. The van der Waals surface area contributed by atoms with Crippen molar-refractivity contribution >= 4 is 33.0 Å². The molecule has 0 unspecified atom stereocenters. The zero-order valence-electron chi connectivity index (χ0n) is 14.0.